The fourth-order valence-corrected chi connectivity index (χ4v) is 1.97. The average molecular weight is 193 g/mol. The second-order valence-corrected chi connectivity index (χ2v) is 3.91. The van der Waals surface area contributed by atoms with E-state index in [0.717, 1.165) is 11.1 Å². The molecule has 1 aromatic carbocycles. The van der Waals surface area contributed by atoms with Crippen LogP contribution in [0.2, 0.25) is 0 Å². The number of hydrogen-bond acceptors (Lipinski definition) is 2. The lowest BCUT2D eigenvalue weighted by molar-refractivity contribution is -0.385. The molecule has 0 aliphatic carbocycles. The van der Waals surface area contributed by atoms with Gasteiger partial charge in [0.05, 0.1) is 4.92 Å². The first-order valence-electron chi connectivity index (χ1n) is 4.69. The van der Waals surface area contributed by atoms with Crippen molar-refractivity contribution < 1.29 is 4.92 Å². The maximum absolute atomic E-state index is 10.6. The molecule has 1 rings (SSSR count). The third-order valence-electron chi connectivity index (χ3n) is 2.37. The normalized spacial score (nSPS) is 10.6. The quantitative estimate of drug-likeness (QED) is 0.534. The Kier molecular flexibility index (Phi) is 2.89. The van der Waals surface area contributed by atoms with Crippen molar-refractivity contribution in [3.8, 4) is 0 Å². The van der Waals surface area contributed by atoms with Crippen molar-refractivity contribution in [1.29, 1.82) is 0 Å². The molecule has 0 unspecified atom stereocenters. The van der Waals surface area contributed by atoms with Crippen LogP contribution >= 0.6 is 0 Å². The van der Waals surface area contributed by atoms with Gasteiger partial charge in [0.25, 0.3) is 5.69 Å². The molecule has 0 amide bonds. The Bertz CT molecular complexity index is 347. The maximum Gasteiger partial charge on any atom is 0.269 e. The number of rotatable bonds is 2. The largest absolute Gasteiger partial charge is 0.269 e. The molecule has 0 spiro atoms. The second kappa shape index (κ2) is 3.78. The van der Waals surface area contributed by atoms with Crippen molar-refractivity contribution in [3.63, 3.8) is 0 Å². The van der Waals surface area contributed by atoms with Crippen LogP contribution in [0.25, 0.3) is 0 Å². The Morgan fingerprint density at radius 1 is 1.21 bits per heavy atom. The van der Waals surface area contributed by atoms with Crippen molar-refractivity contribution in [3.05, 3.63) is 38.9 Å². The fraction of sp³-hybridized carbons (Fsp3) is 0.455. The van der Waals surface area contributed by atoms with E-state index in [1.165, 1.54) is 5.56 Å². The van der Waals surface area contributed by atoms with Crippen molar-refractivity contribution in [1.82, 2.24) is 0 Å². The van der Waals surface area contributed by atoms with E-state index in [0.29, 0.717) is 5.92 Å². The molecule has 76 valence electrons. The summed E-state index contributed by atoms with van der Waals surface area (Å²) in [6.07, 6.45) is 0. The smallest absolute Gasteiger partial charge is 0.258 e. The molecule has 0 saturated heterocycles. The zero-order valence-electron chi connectivity index (χ0n) is 9.00. The molecular formula is C11H15NO2. The van der Waals surface area contributed by atoms with Gasteiger partial charge in [-0.3, -0.25) is 10.1 Å². The number of aryl methyl sites for hydroxylation is 2. The summed E-state index contributed by atoms with van der Waals surface area (Å²) in [5, 5.41) is 10.6. The van der Waals surface area contributed by atoms with E-state index in [1.807, 2.05) is 13.8 Å². The molecule has 1 aromatic rings. The molecule has 3 heteroatoms. The van der Waals surface area contributed by atoms with Crippen molar-refractivity contribution in [2.45, 2.75) is 33.6 Å². The lowest BCUT2D eigenvalue weighted by atomic mass is 9.93. The number of non-ortho nitro benzene ring substituents is 1. The Balaban J connectivity index is 3.32. The van der Waals surface area contributed by atoms with Gasteiger partial charge in [-0.1, -0.05) is 13.8 Å². The highest BCUT2D eigenvalue weighted by Crippen LogP contribution is 2.27. The van der Waals surface area contributed by atoms with E-state index in [1.54, 1.807) is 12.1 Å². The summed E-state index contributed by atoms with van der Waals surface area (Å²) in [5.74, 6) is 0.413. The standard InChI is InChI=1S/C11H15NO2/c1-7(2)11-8(3)5-10(12(13)14)6-9(11)4/h5-7H,1-4H3. The van der Waals surface area contributed by atoms with Gasteiger partial charge < -0.3 is 0 Å². The van der Waals surface area contributed by atoms with E-state index in [-0.39, 0.29) is 10.6 Å². The molecule has 0 atom stereocenters. The number of nitro benzene ring substituents is 1. The van der Waals surface area contributed by atoms with Crippen LogP contribution in [0.4, 0.5) is 5.69 Å². The molecule has 0 heterocycles. The van der Waals surface area contributed by atoms with E-state index >= 15 is 0 Å². The molecule has 3 nitrogen and oxygen atoms in total. The topological polar surface area (TPSA) is 43.1 Å². The monoisotopic (exact) mass is 193 g/mol. The van der Waals surface area contributed by atoms with E-state index in [4.69, 9.17) is 0 Å². The summed E-state index contributed by atoms with van der Waals surface area (Å²) >= 11 is 0. The second-order valence-electron chi connectivity index (χ2n) is 3.91. The van der Waals surface area contributed by atoms with Gasteiger partial charge >= 0.3 is 0 Å². The van der Waals surface area contributed by atoms with Crippen LogP contribution in [0.15, 0.2) is 12.1 Å². The van der Waals surface area contributed by atoms with Gasteiger partial charge in [0.1, 0.15) is 0 Å². The average Bonchev–Trinajstić information content (AvgIpc) is 2.01. The zero-order chi connectivity index (χ0) is 10.9. The van der Waals surface area contributed by atoms with Gasteiger partial charge in [0, 0.05) is 12.1 Å². The van der Waals surface area contributed by atoms with Crippen molar-refractivity contribution in [2.75, 3.05) is 0 Å². The van der Waals surface area contributed by atoms with Crippen LogP contribution in [-0.2, 0) is 0 Å². The highest BCUT2D eigenvalue weighted by Gasteiger charge is 2.13. The number of nitro groups is 1. The van der Waals surface area contributed by atoms with Gasteiger partial charge in [-0.15, -0.1) is 0 Å². The van der Waals surface area contributed by atoms with E-state index < -0.39 is 0 Å². The molecule has 14 heavy (non-hydrogen) atoms. The lowest BCUT2D eigenvalue weighted by Crippen LogP contribution is -1.98. The first-order valence-corrected chi connectivity index (χ1v) is 4.69. The number of nitrogens with zero attached hydrogens (tertiary/aromatic N) is 1. The number of hydrogen-bond donors (Lipinski definition) is 0. The van der Waals surface area contributed by atoms with Crippen LogP contribution in [0.3, 0.4) is 0 Å². The molecule has 0 radical (unpaired) electrons. The molecule has 0 aromatic heterocycles. The predicted octanol–water partition coefficient (Wildman–Crippen LogP) is 3.34. The molecule has 0 bridgehead atoms. The summed E-state index contributed by atoms with van der Waals surface area (Å²) in [6, 6.07) is 3.28. The van der Waals surface area contributed by atoms with Gasteiger partial charge in [0.15, 0.2) is 0 Å². The number of benzene rings is 1. The maximum atomic E-state index is 10.6. The summed E-state index contributed by atoms with van der Waals surface area (Å²) in [4.78, 5) is 10.2. The summed E-state index contributed by atoms with van der Waals surface area (Å²) in [6.45, 7) is 8.05. The van der Waals surface area contributed by atoms with E-state index in [2.05, 4.69) is 13.8 Å². The molecule has 0 N–H and O–H groups in total. The Hall–Kier alpha value is -1.38. The minimum absolute atomic E-state index is 0.185. The van der Waals surface area contributed by atoms with Crippen LogP contribution in [0.5, 0.6) is 0 Å². The summed E-state index contributed by atoms with van der Waals surface area (Å²) < 4.78 is 0. The lowest BCUT2D eigenvalue weighted by Gasteiger charge is -2.12. The zero-order valence-corrected chi connectivity index (χ0v) is 9.00. The van der Waals surface area contributed by atoms with E-state index in [9.17, 15) is 10.1 Å². The highest BCUT2D eigenvalue weighted by atomic mass is 16.6. The first kappa shape index (κ1) is 10.7. The Morgan fingerprint density at radius 2 is 1.64 bits per heavy atom. The third kappa shape index (κ3) is 1.92. The van der Waals surface area contributed by atoms with Gasteiger partial charge in [0.2, 0.25) is 0 Å². The highest BCUT2D eigenvalue weighted by molar-refractivity contribution is 5.45. The van der Waals surface area contributed by atoms with Crippen LogP contribution in [0.1, 0.15) is 36.5 Å². The SMILES string of the molecule is Cc1cc([N+](=O)[O-])cc(C)c1C(C)C. The minimum atomic E-state index is -0.343. The first-order chi connectivity index (χ1) is 6.43. The van der Waals surface area contributed by atoms with Gasteiger partial charge in [-0.05, 0) is 36.5 Å². The van der Waals surface area contributed by atoms with Crippen LogP contribution in [-0.4, -0.2) is 4.92 Å². The minimum Gasteiger partial charge on any atom is -0.258 e. The molecular weight excluding hydrogens is 178 g/mol. The predicted molar refractivity (Wildman–Crippen MR) is 56.7 cm³/mol. The summed E-state index contributed by atoms with van der Waals surface area (Å²) in [5.41, 5.74) is 3.42. The molecule has 0 saturated carbocycles. The van der Waals surface area contributed by atoms with Crippen molar-refractivity contribution in [2.24, 2.45) is 0 Å². The van der Waals surface area contributed by atoms with Crippen molar-refractivity contribution >= 4 is 5.69 Å². The third-order valence-corrected chi connectivity index (χ3v) is 2.37. The van der Waals surface area contributed by atoms with Crippen LogP contribution < -0.4 is 0 Å². The Morgan fingerprint density at radius 3 is 1.93 bits per heavy atom. The Labute approximate surface area is 83.9 Å². The van der Waals surface area contributed by atoms with Gasteiger partial charge in [-0.2, -0.15) is 0 Å². The van der Waals surface area contributed by atoms with Gasteiger partial charge in [-0.25, -0.2) is 0 Å². The molecule has 0 fully saturated rings. The van der Waals surface area contributed by atoms with Crippen LogP contribution in [0, 0.1) is 24.0 Å². The molecule has 0 aliphatic rings. The summed E-state index contributed by atoms with van der Waals surface area (Å²) in [7, 11) is 0. The molecule has 0 aliphatic heterocycles. The fourth-order valence-electron chi connectivity index (χ4n) is 1.97.